The number of nitrogens with zero attached hydrogens (tertiary/aromatic N) is 2. The van der Waals surface area contributed by atoms with Crippen LogP contribution in [0.2, 0.25) is 0 Å². The van der Waals surface area contributed by atoms with Crippen molar-refractivity contribution in [1.29, 1.82) is 0 Å². The quantitative estimate of drug-likeness (QED) is 0.348. The lowest BCUT2D eigenvalue weighted by Crippen LogP contribution is -2.49. The number of ether oxygens (including phenoxy) is 5. The summed E-state index contributed by atoms with van der Waals surface area (Å²) in [5.74, 6) is 1.70. The van der Waals surface area contributed by atoms with Gasteiger partial charge in [0.25, 0.3) is 0 Å². The molecule has 0 aliphatic carbocycles. The first-order valence-corrected chi connectivity index (χ1v) is 12.4. The molecule has 10 heteroatoms. The Bertz CT molecular complexity index is 1310. The van der Waals surface area contributed by atoms with Gasteiger partial charge in [0.1, 0.15) is 29.7 Å². The summed E-state index contributed by atoms with van der Waals surface area (Å²) in [6.07, 6.45) is 0. The van der Waals surface area contributed by atoms with Crippen LogP contribution in [0.4, 0.5) is 0 Å². The van der Waals surface area contributed by atoms with Crippen LogP contribution in [0.3, 0.4) is 0 Å². The smallest absolute Gasteiger partial charge is 0.331 e. The van der Waals surface area contributed by atoms with Gasteiger partial charge in [0.05, 0.1) is 31.4 Å². The molecule has 1 aromatic heterocycles. The Hall–Kier alpha value is -3.63. The molecule has 36 heavy (non-hydrogen) atoms. The van der Waals surface area contributed by atoms with Crippen molar-refractivity contribution in [2.75, 3.05) is 34.0 Å². The second kappa shape index (κ2) is 10.2. The van der Waals surface area contributed by atoms with E-state index in [-0.39, 0.29) is 12.4 Å². The summed E-state index contributed by atoms with van der Waals surface area (Å²) in [5.41, 5.74) is 2.26. The monoisotopic (exact) mass is 510 g/mol. The van der Waals surface area contributed by atoms with Crippen LogP contribution in [0.1, 0.15) is 27.9 Å². The molecule has 2 aliphatic heterocycles. The second-order valence-electron chi connectivity index (χ2n) is 8.25. The van der Waals surface area contributed by atoms with Crippen LogP contribution in [-0.2, 0) is 22.6 Å². The van der Waals surface area contributed by atoms with Gasteiger partial charge in [-0.15, -0.1) is 11.3 Å². The summed E-state index contributed by atoms with van der Waals surface area (Å²) >= 11 is 1.27. The average Bonchev–Trinajstić information content (AvgIpc) is 3.33. The van der Waals surface area contributed by atoms with Gasteiger partial charge in [0, 0.05) is 30.3 Å². The predicted molar refractivity (Wildman–Crippen MR) is 132 cm³/mol. The van der Waals surface area contributed by atoms with Crippen molar-refractivity contribution in [3.63, 3.8) is 0 Å². The summed E-state index contributed by atoms with van der Waals surface area (Å²) in [6, 6.07) is 9.98. The van der Waals surface area contributed by atoms with Gasteiger partial charge in [0.2, 0.25) is 5.78 Å². The number of thiazole rings is 1. The molecule has 2 aliphatic rings. The molecule has 3 aromatic rings. The Morgan fingerprint density at radius 3 is 2.67 bits per heavy atom. The fourth-order valence-electron chi connectivity index (χ4n) is 4.35. The Labute approximate surface area is 212 Å². The average molecular weight is 511 g/mol. The van der Waals surface area contributed by atoms with E-state index in [1.807, 2.05) is 30.3 Å². The number of hydrogen-bond acceptors (Lipinski definition) is 10. The van der Waals surface area contributed by atoms with E-state index in [2.05, 4.69) is 0 Å². The first kappa shape index (κ1) is 24.1. The number of Topliss-reactive ketones (excluding diaryl/α,β-unsaturated/α-hetero) is 1. The molecular formula is C26H26N2O7S. The molecule has 188 valence electrons. The zero-order chi connectivity index (χ0) is 25.2. The molecule has 0 amide bonds. The van der Waals surface area contributed by atoms with Gasteiger partial charge in [-0.3, -0.25) is 9.69 Å². The third-order valence-electron chi connectivity index (χ3n) is 6.05. The number of benzene rings is 2. The highest BCUT2D eigenvalue weighted by Crippen LogP contribution is 2.39. The van der Waals surface area contributed by atoms with Crippen LogP contribution in [0.25, 0.3) is 10.6 Å². The molecule has 0 saturated heterocycles. The van der Waals surface area contributed by atoms with E-state index in [9.17, 15) is 9.59 Å². The fourth-order valence-corrected chi connectivity index (χ4v) is 5.38. The highest BCUT2D eigenvalue weighted by Gasteiger charge is 2.42. The number of ketones is 1. The first-order valence-electron chi connectivity index (χ1n) is 11.6. The van der Waals surface area contributed by atoms with E-state index in [1.54, 1.807) is 32.1 Å². The molecule has 1 atom stereocenters. The van der Waals surface area contributed by atoms with Gasteiger partial charge in [-0.2, -0.15) is 0 Å². The second-order valence-corrected chi connectivity index (χ2v) is 9.25. The van der Waals surface area contributed by atoms with Crippen LogP contribution < -0.4 is 18.9 Å². The van der Waals surface area contributed by atoms with Gasteiger partial charge in [0.15, 0.2) is 17.5 Å². The zero-order valence-corrected chi connectivity index (χ0v) is 21.1. The van der Waals surface area contributed by atoms with E-state index >= 15 is 0 Å². The number of methoxy groups -OCH3 is 2. The van der Waals surface area contributed by atoms with Crippen LogP contribution in [0.15, 0.2) is 36.4 Å². The lowest BCUT2D eigenvalue weighted by atomic mass is 10.0. The van der Waals surface area contributed by atoms with Crippen LogP contribution in [0, 0.1) is 0 Å². The normalized spacial score (nSPS) is 16.9. The number of aromatic nitrogens is 1. The van der Waals surface area contributed by atoms with Gasteiger partial charge < -0.3 is 23.7 Å². The molecule has 9 nitrogen and oxygen atoms in total. The number of fused-ring (bicyclic) bond motifs is 2. The van der Waals surface area contributed by atoms with Crippen molar-refractivity contribution >= 4 is 23.1 Å². The Morgan fingerprint density at radius 2 is 1.92 bits per heavy atom. The number of carbonyl (C=O) groups is 2. The number of esters is 1. The van der Waals surface area contributed by atoms with Crippen molar-refractivity contribution < 1.29 is 33.3 Å². The number of hydrogen-bond donors (Lipinski definition) is 0. The predicted octanol–water partition coefficient (Wildman–Crippen LogP) is 3.73. The summed E-state index contributed by atoms with van der Waals surface area (Å²) in [7, 11) is 3.15. The minimum atomic E-state index is -1.07. The van der Waals surface area contributed by atoms with Crippen molar-refractivity contribution in [2.24, 2.45) is 0 Å². The summed E-state index contributed by atoms with van der Waals surface area (Å²) in [5, 5.41) is 0.678. The van der Waals surface area contributed by atoms with Gasteiger partial charge >= 0.3 is 5.97 Å². The third kappa shape index (κ3) is 4.49. The molecule has 0 saturated carbocycles. The van der Waals surface area contributed by atoms with E-state index in [0.29, 0.717) is 64.9 Å². The fraction of sp³-hybridized carbons (Fsp3) is 0.346. The molecule has 0 N–H and O–H groups in total. The Kier molecular flexibility index (Phi) is 6.80. The van der Waals surface area contributed by atoms with Crippen molar-refractivity contribution in [3.8, 4) is 33.6 Å². The maximum atomic E-state index is 13.6. The minimum Gasteiger partial charge on any atom is -0.497 e. The highest BCUT2D eigenvalue weighted by molar-refractivity contribution is 7.17. The standard InChI is InChI=1S/C26H26N2O7S/c1-4-33-26(30)22-23(29)24-18(14-28(22)13-16-5-7-17(31-2)12-20(16)32-3)27-25(36-24)15-6-8-19-21(11-15)35-10-9-34-19/h5-8,11-12,22H,4,9-10,13-14H2,1-3H3. The molecule has 0 fully saturated rings. The molecule has 2 aromatic carbocycles. The topological polar surface area (TPSA) is 96.4 Å². The van der Waals surface area contributed by atoms with Crippen molar-refractivity contribution in [1.82, 2.24) is 9.88 Å². The molecule has 0 bridgehead atoms. The lowest BCUT2D eigenvalue weighted by Gasteiger charge is -2.32. The number of rotatable bonds is 7. The van der Waals surface area contributed by atoms with Crippen LogP contribution in [-0.4, -0.2) is 61.7 Å². The van der Waals surface area contributed by atoms with Crippen LogP contribution >= 0.6 is 11.3 Å². The van der Waals surface area contributed by atoms with E-state index < -0.39 is 12.0 Å². The van der Waals surface area contributed by atoms with E-state index in [4.69, 9.17) is 28.7 Å². The van der Waals surface area contributed by atoms with Gasteiger partial charge in [-0.1, -0.05) is 6.07 Å². The minimum absolute atomic E-state index is 0.181. The SMILES string of the molecule is CCOC(=O)C1C(=O)c2sc(-c3ccc4c(c3)OCCO4)nc2CN1Cc1ccc(OC)cc1OC. The molecule has 0 radical (unpaired) electrons. The van der Waals surface area contributed by atoms with Gasteiger partial charge in [-0.25, -0.2) is 9.78 Å². The van der Waals surface area contributed by atoms with E-state index in [1.165, 1.54) is 11.3 Å². The summed E-state index contributed by atoms with van der Waals surface area (Å²) in [6.45, 7) is 3.49. The number of carbonyl (C=O) groups excluding carboxylic acids is 2. The summed E-state index contributed by atoms with van der Waals surface area (Å²) in [4.78, 5) is 33.6. The lowest BCUT2D eigenvalue weighted by molar-refractivity contribution is -0.148. The highest BCUT2D eigenvalue weighted by atomic mass is 32.1. The maximum absolute atomic E-state index is 13.6. The molecule has 3 heterocycles. The first-order chi connectivity index (χ1) is 17.5. The van der Waals surface area contributed by atoms with Gasteiger partial charge in [-0.05, 0) is 31.2 Å². The zero-order valence-electron chi connectivity index (χ0n) is 20.2. The molecular weight excluding hydrogens is 484 g/mol. The molecule has 1 unspecified atom stereocenters. The molecule has 5 rings (SSSR count). The Morgan fingerprint density at radius 1 is 1.11 bits per heavy atom. The maximum Gasteiger partial charge on any atom is 0.331 e. The van der Waals surface area contributed by atoms with E-state index in [0.717, 1.165) is 11.1 Å². The Balaban J connectivity index is 1.49. The van der Waals surface area contributed by atoms with Crippen LogP contribution in [0.5, 0.6) is 23.0 Å². The van der Waals surface area contributed by atoms with Crippen molar-refractivity contribution in [3.05, 3.63) is 52.5 Å². The molecule has 0 spiro atoms. The summed E-state index contributed by atoms with van der Waals surface area (Å²) < 4.78 is 27.4. The largest absolute Gasteiger partial charge is 0.497 e. The third-order valence-corrected chi connectivity index (χ3v) is 7.22. The van der Waals surface area contributed by atoms with Crippen molar-refractivity contribution in [2.45, 2.75) is 26.1 Å².